The van der Waals surface area contributed by atoms with Crippen molar-refractivity contribution in [1.82, 2.24) is 9.21 Å². The molecule has 0 bridgehead atoms. The van der Waals surface area contributed by atoms with E-state index in [2.05, 4.69) is 0 Å². The number of rotatable bonds is 4. The molecule has 0 radical (unpaired) electrons. The van der Waals surface area contributed by atoms with Crippen molar-refractivity contribution in [2.45, 2.75) is 4.90 Å². The van der Waals surface area contributed by atoms with Crippen LogP contribution in [0, 0.1) is 0 Å². The van der Waals surface area contributed by atoms with Gasteiger partial charge in [0.05, 0.1) is 4.90 Å². The summed E-state index contributed by atoms with van der Waals surface area (Å²) < 4.78 is 26.6. The minimum absolute atomic E-state index is 0.137. The van der Waals surface area contributed by atoms with Crippen molar-refractivity contribution in [2.24, 2.45) is 0 Å². The lowest BCUT2D eigenvalue weighted by molar-refractivity contribution is -0.127. The molecule has 2 aromatic carbocycles. The fraction of sp³-hybridized carbons (Fsp3) is 0.211. The molecular weight excluding hydrogens is 372 g/mol. The number of piperazine rings is 1. The van der Waals surface area contributed by atoms with Crippen molar-refractivity contribution in [3.8, 4) is 0 Å². The van der Waals surface area contributed by atoms with Crippen LogP contribution in [0.3, 0.4) is 0 Å². The lowest BCUT2D eigenvalue weighted by Crippen LogP contribution is -2.50. The van der Waals surface area contributed by atoms with E-state index in [1.807, 2.05) is 12.1 Å². The van der Waals surface area contributed by atoms with Gasteiger partial charge in [0.1, 0.15) is 0 Å². The maximum absolute atomic E-state index is 12.6. The number of sulfonamides is 1. The van der Waals surface area contributed by atoms with Gasteiger partial charge in [-0.05, 0) is 35.9 Å². The first kappa shape index (κ1) is 18.6. The predicted molar refractivity (Wildman–Crippen MR) is 102 cm³/mol. The van der Waals surface area contributed by atoms with E-state index in [1.54, 1.807) is 53.4 Å². The summed E-state index contributed by atoms with van der Waals surface area (Å²) in [7, 11) is -3.51. The van der Waals surface area contributed by atoms with Crippen LogP contribution in [0.5, 0.6) is 0 Å². The van der Waals surface area contributed by atoms with Gasteiger partial charge in [0.25, 0.3) is 0 Å². The first-order valence-electron chi connectivity index (χ1n) is 8.24. The van der Waals surface area contributed by atoms with Gasteiger partial charge in [-0.25, -0.2) is 8.42 Å². The summed E-state index contributed by atoms with van der Waals surface area (Å²) in [6.07, 6.45) is 3.20. The molecule has 1 aliphatic heterocycles. The summed E-state index contributed by atoms with van der Waals surface area (Å²) in [4.78, 5) is 14.3. The van der Waals surface area contributed by atoms with E-state index in [-0.39, 0.29) is 23.9 Å². The topological polar surface area (TPSA) is 57.7 Å². The zero-order valence-corrected chi connectivity index (χ0v) is 15.7. The number of carbonyl (C=O) groups is 1. The Bertz CT molecular complexity index is 905. The van der Waals surface area contributed by atoms with Gasteiger partial charge in [-0.2, -0.15) is 4.31 Å². The number of carbonyl (C=O) groups excluding carboxylic acids is 1. The second kappa shape index (κ2) is 8.03. The van der Waals surface area contributed by atoms with Crippen LogP contribution in [0.1, 0.15) is 5.56 Å². The molecule has 26 heavy (non-hydrogen) atoms. The van der Waals surface area contributed by atoms with Gasteiger partial charge < -0.3 is 4.90 Å². The third-order valence-electron chi connectivity index (χ3n) is 4.20. The number of halogens is 1. The molecule has 7 heteroatoms. The van der Waals surface area contributed by atoms with Crippen molar-refractivity contribution in [1.29, 1.82) is 0 Å². The van der Waals surface area contributed by atoms with Crippen molar-refractivity contribution < 1.29 is 13.2 Å². The van der Waals surface area contributed by atoms with E-state index >= 15 is 0 Å². The quantitative estimate of drug-likeness (QED) is 0.754. The summed E-state index contributed by atoms with van der Waals surface area (Å²) in [5, 5.41) is 0.610. The second-order valence-corrected chi connectivity index (χ2v) is 8.31. The molecule has 0 aromatic heterocycles. The van der Waals surface area contributed by atoms with Crippen LogP contribution < -0.4 is 0 Å². The molecule has 0 unspecified atom stereocenters. The number of hydrogen-bond acceptors (Lipinski definition) is 3. The number of benzene rings is 2. The minimum atomic E-state index is -3.51. The first-order valence-corrected chi connectivity index (χ1v) is 10.1. The Morgan fingerprint density at radius 1 is 0.962 bits per heavy atom. The van der Waals surface area contributed by atoms with Gasteiger partial charge in [0.2, 0.25) is 15.9 Å². The minimum Gasteiger partial charge on any atom is -0.337 e. The highest BCUT2D eigenvalue weighted by atomic mass is 35.5. The van der Waals surface area contributed by atoms with Crippen LogP contribution >= 0.6 is 11.6 Å². The third kappa shape index (κ3) is 4.33. The molecule has 0 atom stereocenters. The summed E-state index contributed by atoms with van der Waals surface area (Å²) in [5.74, 6) is -0.137. The van der Waals surface area contributed by atoms with E-state index in [0.29, 0.717) is 18.1 Å². The summed E-state index contributed by atoms with van der Waals surface area (Å²) in [6, 6.07) is 15.6. The molecule has 0 N–H and O–H groups in total. The first-order chi connectivity index (χ1) is 12.5. The standard InChI is InChI=1S/C19H19ClN2O3S/c20-17-6-4-5-16(15-17)9-10-19(23)21-11-13-22(14-12-21)26(24,25)18-7-2-1-3-8-18/h1-10,15H,11-14H2/b10-9+. The van der Waals surface area contributed by atoms with Crippen LogP contribution in [-0.2, 0) is 14.8 Å². The molecule has 1 fully saturated rings. The molecule has 0 aliphatic carbocycles. The predicted octanol–water partition coefficient (Wildman–Crippen LogP) is 2.89. The molecule has 1 amide bonds. The average Bonchev–Trinajstić information content (AvgIpc) is 2.67. The lowest BCUT2D eigenvalue weighted by atomic mass is 10.2. The maximum Gasteiger partial charge on any atom is 0.246 e. The highest BCUT2D eigenvalue weighted by Crippen LogP contribution is 2.17. The van der Waals surface area contributed by atoms with Gasteiger partial charge in [-0.3, -0.25) is 4.79 Å². The van der Waals surface area contributed by atoms with Crippen molar-refractivity contribution in [2.75, 3.05) is 26.2 Å². The average molecular weight is 391 g/mol. The third-order valence-corrected chi connectivity index (χ3v) is 6.35. The zero-order valence-electron chi connectivity index (χ0n) is 14.1. The maximum atomic E-state index is 12.6. The Labute approximate surface area is 158 Å². The van der Waals surface area contributed by atoms with Crippen LogP contribution in [-0.4, -0.2) is 49.7 Å². The molecule has 1 heterocycles. The molecule has 3 rings (SSSR count). The van der Waals surface area contributed by atoms with Crippen LogP contribution in [0.4, 0.5) is 0 Å². The molecule has 136 valence electrons. The molecule has 1 saturated heterocycles. The van der Waals surface area contributed by atoms with Crippen LogP contribution in [0.15, 0.2) is 65.6 Å². The van der Waals surface area contributed by atoms with E-state index in [1.165, 1.54) is 10.4 Å². The Balaban J connectivity index is 1.60. The largest absolute Gasteiger partial charge is 0.337 e. The van der Waals surface area contributed by atoms with E-state index < -0.39 is 10.0 Å². The van der Waals surface area contributed by atoms with Gasteiger partial charge in [-0.1, -0.05) is 41.9 Å². The summed E-state index contributed by atoms with van der Waals surface area (Å²) in [6.45, 7) is 1.30. The van der Waals surface area contributed by atoms with Crippen molar-refractivity contribution in [3.63, 3.8) is 0 Å². The lowest BCUT2D eigenvalue weighted by Gasteiger charge is -2.33. The molecule has 2 aromatic rings. The normalized spacial score (nSPS) is 16.1. The van der Waals surface area contributed by atoms with Crippen LogP contribution in [0.2, 0.25) is 5.02 Å². The molecule has 5 nitrogen and oxygen atoms in total. The SMILES string of the molecule is O=C(/C=C/c1cccc(Cl)c1)N1CCN(S(=O)(=O)c2ccccc2)CC1. The Hall–Kier alpha value is -2.15. The molecule has 0 spiro atoms. The van der Waals surface area contributed by atoms with E-state index in [4.69, 9.17) is 11.6 Å². The van der Waals surface area contributed by atoms with Crippen molar-refractivity contribution >= 4 is 33.6 Å². The Morgan fingerprint density at radius 3 is 2.31 bits per heavy atom. The fourth-order valence-electron chi connectivity index (χ4n) is 2.77. The molecule has 1 aliphatic rings. The molecular formula is C19H19ClN2O3S. The van der Waals surface area contributed by atoms with Gasteiger partial charge in [-0.15, -0.1) is 0 Å². The highest BCUT2D eigenvalue weighted by molar-refractivity contribution is 7.89. The number of nitrogens with zero attached hydrogens (tertiary/aromatic N) is 2. The number of hydrogen-bond donors (Lipinski definition) is 0. The van der Waals surface area contributed by atoms with Gasteiger partial charge in [0, 0.05) is 37.3 Å². The summed E-state index contributed by atoms with van der Waals surface area (Å²) in [5.41, 5.74) is 0.844. The fourth-order valence-corrected chi connectivity index (χ4v) is 4.42. The zero-order chi connectivity index (χ0) is 18.6. The highest BCUT2D eigenvalue weighted by Gasteiger charge is 2.29. The monoisotopic (exact) mass is 390 g/mol. The molecule has 0 saturated carbocycles. The van der Waals surface area contributed by atoms with E-state index in [0.717, 1.165) is 5.56 Å². The second-order valence-electron chi connectivity index (χ2n) is 5.93. The number of amides is 1. The van der Waals surface area contributed by atoms with Gasteiger partial charge in [0.15, 0.2) is 0 Å². The van der Waals surface area contributed by atoms with E-state index in [9.17, 15) is 13.2 Å². The van der Waals surface area contributed by atoms with Crippen LogP contribution in [0.25, 0.3) is 6.08 Å². The van der Waals surface area contributed by atoms with Crippen molar-refractivity contribution in [3.05, 3.63) is 71.3 Å². The summed E-state index contributed by atoms with van der Waals surface area (Å²) >= 11 is 5.93. The van der Waals surface area contributed by atoms with Gasteiger partial charge >= 0.3 is 0 Å². The Morgan fingerprint density at radius 2 is 1.65 bits per heavy atom. The Kier molecular flexibility index (Phi) is 5.76. The smallest absolute Gasteiger partial charge is 0.246 e.